The fraction of sp³-hybridized carbons (Fsp3) is 0.400. The lowest BCUT2D eigenvalue weighted by atomic mass is 9.87. The fourth-order valence-corrected chi connectivity index (χ4v) is 2.87. The van der Waals surface area contributed by atoms with Crippen molar-refractivity contribution in [2.24, 2.45) is 0 Å². The number of fused-ring (bicyclic) bond motifs is 1. The van der Waals surface area contributed by atoms with Crippen LogP contribution in [0.4, 0.5) is 0 Å². The molecule has 0 amide bonds. The standard InChI is InChI=1S/C20H24N4O2/c1-13-17(14(2)24-19(23-13)21-12-22-24)10-18(25)26-11-15-6-8-16(9-7-15)20(3,4)5/h6-9,12H,10-11H2,1-5H3. The van der Waals surface area contributed by atoms with Gasteiger partial charge in [0.25, 0.3) is 5.78 Å². The molecule has 136 valence electrons. The van der Waals surface area contributed by atoms with Gasteiger partial charge in [-0.25, -0.2) is 9.50 Å². The van der Waals surface area contributed by atoms with E-state index >= 15 is 0 Å². The molecule has 3 aromatic rings. The van der Waals surface area contributed by atoms with Crippen molar-refractivity contribution in [2.45, 2.75) is 53.1 Å². The quantitative estimate of drug-likeness (QED) is 0.674. The predicted molar refractivity (Wildman–Crippen MR) is 98.9 cm³/mol. The van der Waals surface area contributed by atoms with E-state index in [-0.39, 0.29) is 24.4 Å². The highest BCUT2D eigenvalue weighted by Crippen LogP contribution is 2.22. The van der Waals surface area contributed by atoms with Crippen molar-refractivity contribution in [3.63, 3.8) is 0 Å². The van der Waals surface area contributed by atoms with Gasteiger partial charge in [-0.2, -0.15) is 10.1 Å². The Morgan fingerprint density at radius 2 is 1.85 bits per heavy atom. The van der Waals surface area contributed by atoms with Crippen LogP contribution in [-0.4, -0.2) is 25.6 Å². The number of rotatable bonds is 4. The topological polar surface area (TPSA) is 69.4 Å². The van der Waals surface area contributed by atoms with Gasteiger partial charge in [-0.1, -0.05) is 45.0 Å². The number of carbonyl (C=O) groups is 1. The summed E-state index contributed by atoms with van der Waals surface area (Å²) in [6.07, 6.45) is 1.62. The van der Waals surface area contributed by atoms with Crippen LogP contribution in [0.15, 0.2) is 30.6 Å². The lowest BCUT2D eigenvalue weighted by Crippen LogP contribution is -2.14. The SMILES string of the molecule is Cc1nc2ncnn2c(C)c1CC(=O)OCc1ccc(C(C)(C)C)cc1. The summed E-state index contributed by atoms with van der Waals surface area (Å²) in [5.41, 5.74) is 4.80. The Kier molecular flexibility index (Phi) is 4.76. The van der Waals surface area contributed by atoms with Crippen LogP contribution in [0.25, 0.3) is 5.78 Å². The van der Waals surface area contributed by atoms with E-state index in [0.717, 1.165) is 22.5 Å². The summed E-state index contributed by atoms with van der Waals surface area (Å²) in [4.78, 5) is 20.8. The molecule has 0 saturated carbocycles. The maximum absolute atomic E-state index is 12.3. The molecule has 0 atom stereocenters. The number of aromatic nitrogens is 4. The summed E-state index contributed by atoms with van der Waals surface area (Å²) in [5.74, 6) is 0.258. The van der Waals surface area contributed by atoms with Crippen LogP contribution in [0, 0.1) is 13.8 Å². The van der Waals surface area contributed by atoms with Crippen LogP contribution in [0.5, 0.6) is 0 Å². The lowest BCUT2D eigenvalue weighted by Gasteiger charge is -2.19. The van der Waals surface area contributed by atoms with E-state index in [1.165, 1.54) is 11.9 Å². The zero-order valence-corrected chi connectivity index (χ0v) is 15.9. The van der Waals surface area contributed by atoms with E-state index in [0.29, 0.717) is 5.78 Å². The van der Waals surface area contributed by atoms with Crippen LogP contribution in [-0.2, 0) is 28.0 Å². The van der Waals surface area contributed by atoms with Crippen molar-refractivity contribution in [2.75, 3.05) is 0 Å². The minimum absolute atomic E-state index is 0.108. The highest BCUT2D eigenvalue weighted by molar-refractivity contribution is 5.73. The van der Waals surface area contributed by atoms with Crippen molar-refractivity contribution in [1.29, 1.82) is 0 Å². The maximum atomic E-state index is 12.3. The van der Waals surface area contributed by atoms with Gasteiger partial charge in [0.15, 0.2) is 0 Å². The third-order valence-electron chi connectivity index (χ3n) is 4.53. The van der Waals surface area contributed by atoms with Crippen molar-refractivity contribution in [1.82, 2.24) is 19.6 Å². The number of carbonyl (C=O) groups excluding carboxylic acids is 1. The molecule has 3 rings (SSSR count). The molecule has 26 heavy (non-hydrogen) atoms. The van der Waals surface area contributed by atoms with E-state index in [9.17, 15) is 4.79 Å². The average molecular weight is 352 g/mol. The Labute approximate surface area is 153 Å². The van der Waals surface area contributed by atoms with Crippen LogP contribution < -0.4 is 0 Å². The van der Waals surface area contributed by atoms with Gasteiger partial charge in [0.2, 0.25) is 0 Å². The molecule has 0 saturated heterocycles. The van der Waals surface area contributed by atoms with E-state index in [4.69, 9.17) is 4.74 Å². The predicted octanol–water partition coefficient (Wildman–Crippen LogP) is 3.32. The molecular weight excluding hydrogens is 328 g/mol. The van der Waals surface area contributed by atoms with Gasteiger partial charge in [-0.3, -0.25) is 4.79 Å². The third kappa shape index (κ3) is 3.74. The zero-order chi connectivity index (χ0) is 18.9. The molecule has 0 fully saturated rings. The Bertz CT molecular complexity index is 937. The van der Waals surface area contributed by atoms with Crippen LogP contribution >= 0.6 is 0 Å². The number of hydrogen-bond acceptors (Lipinski definition) is 5. The van der Waals surface area contributed by atoms with E-state index in [2.05, 4.69) is 48.0 Å². The highest BCUT2D eigenvalue weighted by Gasteiger charge is 2.16. The summed E-state index contributed by atoms with van der Waals surface area (Å²) in [6, 6.07) is 8.18. The Hall–Kier alpha value is -2.76. The first-order valence-corrected chi connectivity index (χ1v) is 8.66. The Morgan fingerprint density at radius 1 is 1.15 bits per heavy atom. The number of benzene rings is 1. The third-order valence-corrected chi connectivity index (χ3v) is 4.53. The second-order valence-electron chi connectivity index (χ2n) is 7.52. The van der Waals surface area contributed by atoms with Gasteiger partial charge in [0.05, 0.1) is 6.42 Å². The van der Waals surface area contributed by atoms with Gasteiger partial charge in [0, 0.05) is 17.0 Å². The second kappa shape index (κ2) is 6.86. The first kappa shape index (κ1) is 18.0. The number of nitrogens with zero attached hydrogens (tertiary/aromatic N) is 4. The van der Waals surface area contributed by atoms with E-state index in [1.54, 1.807) is 4.52 Å². The average Bonchev–Trinajstić information content (AvgIpc) is 3.05. The molecule has 2 heterocycles. The molecule has 2 aromatic heterocycles. The first-order chi connectivity index (χ1) is 12.3. The largest absolute Gasteiger partial charge is 0.461 e. The van der Waals surface area contributed by atoms with Gasteiger partial charge in [-0.15, -0.1) is 0 Å². The molecule has 6 heteroatoms. The highest BCUT2D eigenvalue weighted by atomic mass is 16.5. The molecule has 6 nitrogen and oxygen atoms in total. The van der Waals surface area contributed by atoms with Crippen molar-refractivity contribution >= 4 is 11.7 Å². The van der Waals surface area contributed by atoms with Crippen LogP contribution in [0.2, 0.25) is 0 Å². The van der Waals surface area contributed by atoms with Gasteiger partial charge in [-0.05, 0) is 30.4 Å². The van der Waals surface area contributed by atoms with Crippen molar-refractivity contribution in [3.05, 3.63) is 58.7 Å². The van der Waals surface area contributed by atoms with Gasteiger partial charge in [0.1, 0.15) is 12.9 Å². The molecule has 0 bridgehead atoms. The molecule has 0 spiro atoms. The molecule has 0 radical (unpaired) electrons. The molecule has 0 aliphatic heterocycles. The van der Waals surface area contributed by atoms with Crippen LogP contribution in [0.1, 0.15) is 48.8 Å². The summed E-state index contributed by atoms with van der Waals surface area (Å²) in [7, 11) is 0. The summed E-state index contributed by atoms with van der Waals surface area (Å²) in [5, 5.41) is 4.14. The van der Waals surface area contributed by atoms with Gasteiger partial charge >= 0.3 is 5.97 Å². The second-order valence-corrected chi connectivity index (χ2v) is 7.52. The molecule has 0 N–H and O–H groups in total. The molecule has 1 aromatic carbocycles. The summed E-state index contributed by atoms with van der Waals surface area (Å²) < 4.78 is 7.09. The molecular formula is C20H24N4O2. The smallest absolute Gasteiger partial charge is 0.310 e. The number of aryl methyl sites for hydroxylation is 2. The lowest BCUT2D eigenvalue weighted by molar-refractivity contribution is -0.144. The monoisotopic (exact) mass is 352 g/mol. The zero-order valence-electron chi connectivity index (χ0n) is 15.9. The molecule has 0 unspecified atom stereocenters. The summed E-state index contributed by atoms with van der Waals surface area (Å²) >= 11 is 0. The first-order valence-electron chi connectivity index (χ1n) is 8.66. The Morgan fingerprint density at radius 3 is 2.50 bits per heavy atom. The molecule has 0 aliphatic rings. The normalized spacial score (nSPS) is 11.7. The number of hydrogen-bond donors (Lipinski definition) is 0. The fourth-order valence-electron chi connectivity index (χ4n) is 2.87. The molecule has 0 aliphatic carbocycles. The van der Waals surface area contributed by atoms with Gasteiger partial charge < -0.3 is 4.74 Å². The van der Waals surface area contributed by atoms with Crippen molar-refractivity contribution < 1.29 is 9.53 Å². The Balaban J connectivity index is 1.66. The van der Waals surface area contributed by atoms with E-state index in [1.807, 2.05) is 26.0 Å². The summed E-state index contributed by atoms with van der Waals surface area (Å²) in [6.45, 7) is 10.6. The minimum Gasteiger partial charge on any atom is -0.461 e. The number of esters is 1. The number of ether oxygens (including phenoxy) is 1. The van der Waals surface area contributed by atoms with E-state index < -0.39 is 0 Å². The van der Waals surface area contributed by atoms with Crippen molar-refractivity contribution in [3.8, 4) is 0 Å². The maximum Gasteiger partial charge on any atom is 0.310 e. The minimum atomic E-state index is -0.280. The van der Waals surface area contributed by atoms with Crippen LogP contribution in [0.3, 0.4) is 0 Å².